The van der Waals surface area contributed by atoms with Crippen molar-refractivity contribution in [2.24, 2.45) is 0 Å². The third kappa shape index (κ3) is 2.24. The summed E-state index contributed by atoms with van der Waals surface area (Å²) >= 11 is 0. The van der Waals surface area contributed by atoms with Crippen LogP contribution in [0.1, 0.15) is 5.56 Å². The lowest BCUT2D eigenvalue weighted by Crippen LogP contribution is -2.07. The Hall–Kier alpha value is -1.01. The van der Waals surface area contributed by atoms with E-state index in [9.17, 15) is 0 Å². The molecule has 0 saturated heterocycles. The van der Waals surface area contributed by atoms with Crippen LogP contribution in [0.25, 0.3) is 5.70 Å². The van der Waals surface area contributed by atoms with Crippen molar-refractivity contribution in [1.82, 2.24) is 5.32 Å². The van der Waals surface area contributed by atoms with Crippen LogP contribution in [-0.2, 0) is 0 Å². The molecule has 1 aromatic rings. The maximum Gasteiger partial charge on any atom is 0.115 e. The highest BCUT2D eigenvalue weighted by atomic mass is 31.0. The Morgan fingerprint density at radius 2 is 2.00 bits per heavy atom. The lowest BCUT2D eigenvalue weighted by molar-refractivity contribution is 0.475. The Labute approximate surface area is 74.5 Å². The van der Waals surface area contributed by atoms with E-state index in [1.54, 1.807) is 12.1 Å². The molecule has 1 aromatic carbocycles. The SMILES string of the molecule is C=C(NCP)c1ccc(O)cc1. The third-order valence-electron chi connectivity index (χ3n) is 1.53. The molecule has 0 aromatic heterocycles. The number of benzene rings is 1. The molecule has 1 rings (SSSR count). The van der Waals surface area contributed by atoms with Crippen molar-refractivity contribution >= 4 is 14.9 Å². The average molecular weight is 181 g/mol. The van der Waals surface area contributed by atoms with Gasteiger partial charge < -0.3 is 10.4 Å². The molecule has 0 amide bonds. The molecular weight excluding hydrogens is 169 g/mol. The van der Waals surface area contributed by atoms with Crippen LogP contribution >= 0.6 is 9.24 Å². The van der Waals surface area contributed by atoms with Crippen LogP contribution in [-0.4, -0.2) is 11.4 Å². The minimum atomic E-state index is 0.275. The second-order valence-corrected chi connectivity index (χ2v) is 2.81. The van der Waals surface area contributed by atoms with Gasteiger partial charge in [-0.05, 0) is 29.8 Å². The molecule has 3 heteroatoms. The summed E-state index contributed by atoms with van der Waals surface area (Å²) in [6.45, 7) is 3.84. The lowest BCUT2D eigenvalue weighted by atomic mass is 10.2. The van der Waals surface area contributed by atoms with Crippen LogP contribution in [0.2, 0.25) is 0 Å². The van der Waals surface area contributed by atoms with Gasteiger partial charge in [0.05, 0.1) is 0 Å². The Morgan fingerprint density at radius 3 is 2.50 bits per heavy atom. The van der Waals surface area contributed by atoms with E-state index in [4.69, 9.17) is 5.11 Å². The maximum atomic E-state index is 9.01. The average Bonchev–Trinajstić information content (AvgIpc) is 2.06. The van der Waals surface area contributed by atoms with Crippen LogP contribution in [0.5, 0.6) is 5.75 Å². The molecule has 0 aliphatic rings. The minimum absolute atomic E-state index is 0.275. The summed E-state index contributed by atoms with van der Waals surface area (Å²) in [5.41, 5.74) is 1.86. The van der Waals surface area contributed by atoms with Gasteiger partial charge in [0.15, 0.2) is 0 Å². The lowest BCUT2D eigenvalue weighted by Gasteiger charge is -2.06. The number of hydrogen-bond donors (Lipinski definition) is 2. The van der Waals surface area contributed by atoms with Crippen molar-refractivity contribution in [1.29, 1.82) is 0 Å². The monoisotopic (exact) mass is 181 g/mol. The van der Waals surface area contributed by atoms with Gasteiger partial charge in [0.1, 0.15) is 5.75 Å². The second-order valence-electron chi connectivity index (χ2n) is 2.41. The molecule has 0 aliphatic carbocycles. The van der Waals surface area contributed by atoms with Crippen LogP contribution < -0.4 is 5.32 Å². The van der Waals surface area contributed by atoms with Gasteiger partial charge in [0, 0.05) is 12.0 Å². The predicted octanol–water partition coefficient (Wildman–Crippen LogP) is 1.79. The van der Waals surface area contributed by atoms with E-state index in [0.29, 0.717) is 0 Å². The fourth-order valence-electron chi connectivity index (χ4n) is 0.888. The Bertz CT molecular complexity index is 268. The number of phenols is 1. The number of rotatable bonds is 3. The van der Waals surface area contributed by atoms with Gasteiger partial charge in [0.25, 0.3) is 0 Å². The first-order valence-corrected chi connectivity index (χ1v) is 4.48. The molecule has 0 radical (unpaired) electrons. The van der Waals surface area contributed by atoms with Crippen LogP contribution in [0.4, 0.5) is 0 Å². The summed E-state index contributed by atoms with van der Waals surface area (Å²) in [6.07, 6.45) is 0.777. The molecule has 2 N–H and O–H groups in total. The summed E-state index contributed by atoms with van der Waals surface area (Å²) in [7, 11) is 2.56. The van der Waals surface area contributed by atoms with E-state index in [1.807, 2.05) is 12.1 Å². The molecule has 12 heavy (non-hydrogen) atoms. The largest absolute Gasteiger partial charge is 0.508 e. The van der Waals surface area contributed by atoms with E-state index >= 15 is 0 Å². The van der Waals surface area contributed by atoms with E-state index < -0.39 is 0 Å². The molecule has 1 unspecified atom stereocenters. The van der Waals surface area contributed by atoms with E-state index in [-0.39, 0.29) is 5.75 Å². The zero-order valence-corrected chi connectivity index (χ0v) is 7.90. The molecule has 0 fully saturated rings. The summed E-state index contributed by atoms with van der Waals surface area (Å²) in [6, 6.07) is 6.94. The fourth-order valence-corrected chi connectivity index (χ4v) is 1.13. The second kappa shape index (κ2) is 4.13. The molecule has 2 nitrogen and oxygen atoms in total. The van der Waals surface area contributed by atoms with Crippen molar-refractivity contribution in [3.63, 3.8) is 0 Å². The zero-order valence-electron chi connectivity index (χ0n) is 6.75. The van der Waals surface area contributed by atoms with Gasteiger partial charge in [0.2, 0.25) is 0 Å². The van der Waals surface area contributed by atoms with Crippen molar-refractivity contribution in [3.05, 3.63) is 36.4 Å². The highest BCUT2D eigenvalue weighted by molar-refractivity contribution is 7.16. The fraction of sp³-hybridized carbons (Fsp3) is 0.111. The predicted molar refractivity (Wildman–Crippen MR) is 54.9 cm³/mol. The molecule has 0 heterocycles. The van der Waals surface area contributed by atoms with Crippen molar-refractivity contribution in [3.8, 4) is 5.75 Å². The molecule has 64 valence electrons. The highest BCUT2D eigenvalue weighted by Gasteiger charge is 1.95. The van der Waals surface area contributed by atoms with Crippen molar-refractivity contribution in [2.45, 2.75) is 0 Å². The summed E-state index contributed by atoms with van der Waals surface area (Å²) < 4.78 is 0. The van der Waals surface area contributed by atoms with Crippen LogP contribution in [0.3, 0.4) is 0 Å². The van der Waals surface area contributed by atoms with Crippen LogP contribution in [0, 0.1) is 0 Å². The van der Waals surface area contributed by atoms with Crippen LogP contribution in [0.15, 0.2) is 30.8 Å². The van der Waals surface area contributed by atoms with Gasteiger partial charge in [-0.2, -0.15) is 0 Å². The minimum Gasteiger partial charge on any atom is -0.508 e. The third-order valence-corrected chi connectivity index (χ3v) is 1.74. The van der Waals surface area contributed by atoms with Gasteiger partial charge >= 0.3 is 0 Å². The van der Waals surface area contributed by atoms with Crippen molar-refractivity contribution in [2.75, 3.05) is 6.29 Å². The maximum absolute atomic E-state index is 9.01. The molecule has 0 aliphatic heterocycles. The number of phenolic OH excluding ortho intramolecular Hbond substituents is 1. The molecule has 0 saturated carbocycles. The van der Waals surface area contributed by atoms with Gasteiger partial charge in [-0.1, -0.05) is 6.58 Å². The number of hydrogen-bond acceptors (Lipinski definition) is 2. The van der Waals surface area contributed by atoms with E-state index in [0.717, 1.165) is 17.5 Å². The van der Waals surface area contributed by atoms with E-state index in [1.165, 1.54) is 0 Å². The first kappa shape index (κ1) is 9.08. The van der Waals surface area contributed by atoms with Gasteiger partial charge in [-0.3, -0.25) is 0 Å². The number of aromatic hydroxyl groups is 1. The van der Waals surface area contributed by atoms with Gasteiger partial charge in [-0.25, -0.2) is 0 Å². The number of nitrogens with one attached hydrogen (secondary N) is 1. The Balaban J connectivity index is 2.75. The molecule has 0 spiro atoms. The Morgan fingerprint density at radius 1 is 1.42 bits per heavy atom. The summed E-state index contributed by atoms with van der Waals surface area (Å²) in [5, 5.41) is 12.1. The summed E-state index contributed by atoms with van der Waals surface area (Å²) in [5.74, 6) is 0.275. The summed E-state index contributed by atoms with van der Waals surface area (Å²) in [4.78, 5) is 0. The Kier molecular flexibility index (Phi) is 3.12. The molecule has 0 bridgehead atoms. The standard InChI is InChI=1S/C9H12NOP/c1-7(10-6-12)8-2-4-9(11)5-3-8/h2-5,10-11H,1,6,12H2. The topological polar surface area (TPSA) is 32.3 Å². The molecular formula is C9H12NOP. The first-order valence-electron chi connectivity index (χ1n) is 3.66. The molecule has 1 atom stereocenters. The van der Waals surface area contributed by atoms with E-state index in [2.05, 4.69) is 21.1 Å². The van der Waals surface area contributed by atoms with Crippen molar-refractivity contribution < 1.29 is 5.11 Å². The first-order chi connectivity index (χ1) is 5.74. The quantitative estimate of drug-likeness (QED) is 0.697. The smallest absolute Gasteiger partial charge is 0.115 e. The normalized spacial score (nSPS) is 9.42. The zero-order chi connectivity index (χ0) is 8.97. The van der Waals surface area contributed by atoms with Gasteiger partial charge in [-0.15, -0.1) is 9.24 Å². The highest BCUT2D eigenvalue weighted by Crippen LogP contribution is 2.14.